The molecule has 196 valence electrons. The molecular weight excluding hydrogens is 527 g/mol. The number of nitrogens with one attached hydrogen (secondary N) is 2. The summed E-state index contributed by atoms with van der Waals surface area (Å²) < 4.78 is 66.2. The average molecular weight is 552 g/mol. The Labute approximate surface area is 218 Å². The molecule has 1 aliphatic rings. The summed E-state index contributed by atoms with van der Waals surface area (Å²) in [6.45, 7) is 2.22. The van der Waals surface area contributed by atoms with Gasteiger partial charge in [0.2, 0.25) is 5.91 Å². The molecule has 1 amide bonds. The van der Waals surface area contributed by atoms with Gasteiger partial charge >= 0.3 is 6.18 Å². The third-order valence-corrected chi connectivity index (χ3v) is 7.95. The number of halogens is 4. The van der Waals surface area contributed by atoms with Crippen LogP contribution in [-0.4, -0.2) is 32.3 Å². The lowest BCUT2D eigenvalue weighted by Gasteiger charge is -2.31. The number of carbonyl (C=O) groups is 1. The van der Waals surface area contributed by atoms with Crippen LogP contribution in [0.4, 0.5) is 24.5 Å². The fourth-order valence-corrected chi connectivity index (χ4v) is 5.40. The quantitative estimate of drug-likeness (QED) is 0.377. The summed E-state index contributed by atoms with van der Waals surface area (Å²) in [5.74, 6) is -0.316. The van der Waals surface area contributed by atoms with Crippen molar-refractivity contribution in [3.8, 4) is 0 Å². The molecule has 2 N–H and O–H groups in total. The van der Waals surface area contributed by atoms with Crippen molar-refractivity contribution >= 4 is 38.9 Å². The molecule has 6 nitrogen and oxygen atoms in total. The molecule has 1 aliphatic heterocycles. The first-order chi connectivity index (χ1) is 17.5. The summed E-state index contributed by atoms with van der Waals surface area (Å²) in [4.78, 5) is 14.9. The highest BCUT2D eigenvalue weighted by Crippen LogP contribution is 2.31. The van der Waals surface area contributed by atoms with Gasteiger partial charge in [-0.05, 0) is 80.0 Å². The van der Waals surface area contributed by atoms with Gasteiger partial charge in [0.05, 0.1) is 10.5 Å². The van der Waals surface area contributed by atoms with Gasteiger partial charge in [-0.25, -0.2) is 8.42 Å². The number of hydrogen-bond acceptors (Lipinski definition) is 4. The van der Waals surface area contributed by atoms with Crippen molar-refractivity contribution in [3.05, 3.63) is 88.9 Å². The predicted molar refractivity (Wildman–Crippen MR) is 137 cm³/mol. The summed E-state index contributed by atoms with van der Waals surface area (Å²) in [6, 6.07) is 17.1. The van der Waals surface area contributed by atoms with Crippen molar-refractivity contribution < 1.29 is 26.4 Å². The number of sulfonamides is 1. The van der Waals surface area contributed by atoms with Gasteiger partial charge in [0.15, 0.2) is 0 Å². The van der Waals surface area contributed by atoms with Crippen LogP contribution >= 0.6 is 11.6 Å². The smallest absolute Gasteiger partial charge is 0.326 e. The molecule has 1 saturated heterocycles. The second kappa shape index (κ2) is 11.1. The van der Waals surface area contributed by atoms with Gasteiger partial charge in [-0.3, -0.25) is 14.4 Å². The maximum Gasteiger partial charge on any atom is 0.416 e. The molecule has 3 aromatic carbocycles. The second-order valence-electron chi connectivity index (χ2n) is 8.84. The zero-order valence-electron chi connectivity index (χ0n) is 19.6. The number of benzene rings is 3. The number of rotatable bonds is 7. The molecule has 0 unspecified atom stereocenters. The van der Waals surface area contributed by atoms with Crippen LogP contribution in [0.3, 0.4) is 0 Å². The number of anilines is 2. The molecule has 37 heavy (non-hydrogen) atoms. The number of nitrogens with zero attached hydrogens (tertiary/aromatic N) is 1. The van der Waals surface area contributed by atoms with Crippen LogP contribution in [0.2, 0.25) is 5.02 Å². The number of hydrogen-bond donors (Lipinski definition) is 2. The van der Waals surface area contributed by atoms with Gasteiger partial charge in [-0.1, -0.05) is 35.9 Å². The van der Waals surface area contributed by atoms with Gasteiger partial charge in [0.1, 0.15) is 0 Å². The summed E-state index contributed by atoms with van der Waals surface area (Å²) >= 11 is 6.24. The first kappa shape index (κ1) is 27.0. The van der Waals surface area contributed by atoms with Gasteiger partial charge in [-0.2, -0.15) is 13.2 Å². The van der Waals surface area contributed by atoms with E-state index in [1.165, 1.54) is 30.3 Å². The van der Waals surface area contributed by atoms with E-state index in [4.69, 9.17) is 11.6 Å². The first-order valence-electron chi connectivity index (χ1n) is 11.6. The van der Waals surface area contributed by atoms with E-state index in [1.807, 2.05) is 24.3 Å². The predicted octanol–water partition coefficient (Wildman–Crippen LogP) is 6.01. The van der Waals surface area contributed by atoms with Gasteiger partial charge in [0.25, 0.3) is 10.0 Å². The van der Waals surface area contributed by atoms with Crippen molar-refractivity contribution in [3.63, 3.8) is 0 Å². The Balaban J connectivity index is 1.32. The van der Waals surface area contributed by atoms with E-state index in [-0.39, 0.29) is 22.4 Å². The molecule has 0 aromatic heterocycles. The largest absolute Gasteiger partial charge is 0.416 e. The van der Waals surface area contributed by atoms with E-state index in [2.05, 4.69) is 14.9 Å². The van der Waals surface area contributed by atoms with E-state index in [9.17, 15) is 26.4 Å². The summed E-state index contributed by atoms with van der Waals surface area (Å²) in [5.41, 5.74) is 0.319. The Morgan fingerprint density at radius 3 is 2.27 bits per heavy atom. The third-order valence-electron chi connectivity index (χ3n) is 6.18. The lowest BCUT2D eigenvalue weighted by atomic mass is 9.95. The third kappa shape index (κ3) is 7.03. The van der Waals surface area contributed by atoms with E-state index < -0.39 is 21.8 Å². The highest BCUT2D eigenvalue weighted by atomic mass is 35.5. The Hall–Kier alpha value is -3.08. The SMILES string of the molecule is O=C(Nc1ccc(S(=O)(=O)Nc2cccc(C(F)(F)F)c2)cc1)C1CCN(Cc2ccccc2Cl)CC1. The van der Waals surface area contributed by atoms with E-state index >= 15 is 0 Å². The molecular formula is C26H25ClF3N3O3S. The number of amides is 1. The summed E-state index contributed by atoms with van der Waals surface area (Å²) in [5, 5.41) is 3.54. The van der Waals surface area contributed by atoms with Crippen molar-refractivity contribution in [1.82, 2.24) is 4.90 Å². The van der Waals surface area contributed by atoms with Crippen LogP contribution in [0.5, 0.6) is 0 Å². The standard InChI is InChI=1S/C26H25ClF3N3O3S/c27-24-7-2-1-4-19(24)17-33-14-12-18(13-15-33)25(34)31-21-8-10-23(11-9-21)37(35,36)32-22-6-3-5-20(16-22)26(28,29)30/h1-11,16,18,32H,12-15,17H2,(H,31,34). The number of alkyl halides is 3. The molecule has 0 atom stereocenters. The molecule has 0 aliphatic carbocycles. The van der Waals surface area contributed by atoms with Crippen molar-refractivity contribution in [1.29, 1.82) is 0 Å². The van der Waals surface area contributed by atoms with Gasteiger partial charge in [-0.15, -0.1) is 0 Å². The van der Waals surface area contributed by atoms with Crippen LogP contribution in [0.1, 0.15) is 24.0 Å². The minimum Gasteiger partial charge on any atom is -0.326 e. The maximum atomic E-state index is 12.9. The van der Waals surface area contributed by atoms with Crippen LogP contribution < -0.4 is 10.0 Å². The molecule has 3 aromatic rings. The Kier molecular flexibility index (Phi) is 8.11. The number of likely N-dealkylation sites (tertiary alicyclic amines) is 1. The topological polar surface area (TPSA) is 78.5 Å². The monoisotopic (exact) mass is 551 g/mol. The highest BCUT2D eigenvalue weighted by molar-refractivity contribution is 7.92. The lowest BCUT2D eigenvalue weighted by molar-refractivity contribution is -0.137. The minimum absolute atomic E-state index is 0.143. The number of piperidine rings is 1. The van der Waals surface area contributed by atoms with E-state index in [1.54, 1.807) is 0 Å². The molecule has 0 spiro atoms. The number of carbonyl (C=O) groups excluding carboxylic acids is 1. The molecule has 0 radical (unpaired) electrons. The summed E-state index contributed by atoms with van der Waals surface area (Å²) in [6.07, 6.45) is -3.22. The highest BCUT2D eigenvalue weighted by Gasteiger charge is 2.31. The summed E-state index contributed by atoms with van der Waals surface area (Å²) in [7, 11) is -4.12. The zero-order valence-corrected chi connectivity index (χ0v) is 21.2. The fourth-order valence-electron chi connectivity index (χ4n) is 4.16. The second-order valence-corrected chi connectivity index (χ2v) is 10.9. The van der Waals surface area contributed by atoms with Crippen LogP contribution in [-0.2, 0) is 27.5 Å². The van der Waals surface area contributed by atoms with Gasteiger partial charge < -0.3 is 5.32 Å². The Morgan fingerprint density at radius 1 is 0.946 bits per heavy atom. The van der Waals surface area contributed by atoms with Gasteiger partial charge in [0, 0.05) is 28.9 Å². The van der Waals surface area contributed by atoms with Crippen molar-refractivity contribution in [2.75, 3.05) is 23.1 Å². The average Bonchev–Trinajstić information content (AvgIpc) is 2.85. The zero-order chi connectivity index (χ0) is 26.6. The van der Waals surface area contributed by atoms with Crippen LogP contribution in [0.25, 0.3) is 0 Å². The molecule has 1 heterocycles. The molecule has 11 heteroatoms. The van der Waals surface area contributed by atoms with Crippen molar-refractivity contribution in [2.24, 2.45) is 5.92 Å². The van der Waals surface area contributed by atoms with E-state index in [0.29, 0.717) is 18.5 Å². The van der Waals surface area contributed by atoms with Crippen molar-refractivity contribution in [2.45, 2.75) is 30.5 Å². The van der Waals surface area contributed by atoms with Crippen LogP contribution in [0, 0.1) is 5.92 Å². The van der Waals surface area contributed by atoms with E-state index in [0.717, 1.165) is 48.4 Å². The maximum absolute atomic E-state index is 12.9. The first-order valence-corrected chi connectivity index (χ1v) is 13.4. The molecule has 1 fully saturated rings. The molecule has 0 saturated carbocycles. The molecule has 0 bridgehead atoms. The minimum atomic E-state index is -4.59. The molecule has 4 rings (SSSR count). The Morgan fingerprint density at radius 2 is 1.62 bits per heavy atom. The Bertz CT molecular complexity index is 1360. The normalized spacial score (nSPS) is 15.4. The lowest BCUT2D eigenvalue weighted by Crippen LogP contribution is -2.37. The van der Waals surface area contributed by atoms with Crippen LogP contribution in [0.15, 0.2) is 77.7 Å². The fraction of sp³-hybridized carbons (Fsp3) is 0.269.